The van der Waals surface area contributed by atoms with Crippen LogP contribution >= 0.6 is 0 Å². The first-order valence-corrected chi connectivity index (χ1v) is 8.36. The van der Waals surface area contributed by atoms with E-state index in [1.807, 2.05) is 25.2 Å². The third-order valence-corrected chi connectivity index (χ3v) is 4.83. The summed E-state index contributed by atoms with van der Waals surface area (Å²) in [6, 6.07) is 20.6. The fraction of sp³-hybridized carbons (Fsp3) is 0.238. The molecule has 1 heterocycles. The summed E-state index contributed by atoms with van der Waals surface area (Å²) < 4.78 is 0. The lowest BCUT2D eigenvalue weighted by atomic mass is 10.00. The number of hydrogen-bond acceptors (Lipinski definition) is 2. The summed E-state index contributed by atoms with van der Waals surface area (Å²) in [6.45, 7) is 0.568. The van der Waals surface area contributed by atoms with E-state index in [9.17, 15) is 4.79 Å². The Morgan fingerprint density at radius 3 is 2.71 bits per heavy atom. The standard InChI is InChI=1S/C21H20N2O/c1-23(14-16-9-4-5-12-22-16)21(24)20-13-19(20)18-11-6-8-15-7-2-3-10-17(15)18/h2-12,19-20H,13-14H2,1H3/t19-,20+/m0/s1. The minimum absolute atomic E-state index is 0.101. The van der Waals surface area contributed by atoms with Crippen LogP contribution in [0.2, 0.25) is 0 Å². The first kappa shape index (κ1) is 14.9. The van der Waals surface area contributed by atoms with Crippen molar-refractivity contribution in [2.45, 2.75) is 18.9 Å². The van der Waals surface area contributed by atoms with Crippen molar-refractivity contribution in [2.24, 2.45) is 5.92 Å². The monoisotopic (exact) mass is 316 g/mol. The molecule has 0 aliphatic heterocycles. The van der Waals surface area contributed by atoms with Crippen LogP contribution in [0.25, 0.3) is 10.8 Å². The Balaban J connectivity index is 1.50. The van der Waals surface area contributed by atoms with Crippen molar-refractivity contribution < 1.29 is 4.79 Å². The predicted molar refractivity (Wildman–Crippen MR) is 95.5 cm³/mol. The molecule has 24 heavy (non-hydrogen) atoms. The second-order valence-corrected chi connectivity index (χ2v) is 6.53. The Hall–Kier alpha value is -2.68. The zero-order valence-electron chi connectivity index (χ0n) is 13.7. The molecule has 0 saturated heterocycles. The molecule has 0 bridgehead atoms. The van der Waals surface area contributed by atoms with Gasteiger partial charge in [-0.05, 0) is 40.8 Å². The van der Waals surface area contributed by atoms with E-state index < -0.39 is 0 Å². The molecule has 1 fully saturated rings. The number of fused-ring (bicyclic) bond motifs is 1. The Morgan fingerprint density at radius 1 is 1.08 bits per heavy atom. The topological polar surface area (TPSA) is 33.2 Å². The van der Waals surface area contributed by atoms with Gasteiger partial charge in [0, 0.05) is 19.2 Å². The van der Waals surface area contributed by atoms with Gasteiger partial charge >= 0.3 is 0 Å². The number of aromatic nitrogens is 1. The molecule has 1 saturated carbocycles. The van der Waals surface area contributed by atoms with Crippen molar-refractivity contribution in [3.63, 3.8) is 0 Å². The molecule has 4 rings (SSSR count). The first-order chi connectivity index (χ1) is 11.7. The van der Waals surface area contributed by atoms with Crippen LogP contribution in [0, 0.1) is 5.92 Å². The van der Waals surface area contributed by atoms with E-state index in [1.165, 1.54) is 16.3 Å². The molecule has 2 atom stereocenters. The molecule has 0 spiro atoms. The largest absolute Gasteiger partial charge is 0.340 e. The van der Waals surface area contributed by atoms with Gasteiger partial charge < -0.3 is 4.90 Å². The minimum atomic E-state index is 0.101. The van der Waals surface area contributed by atoms with Crippen molar-refractivity contribution in [1.29, 1.82) is 0 Å². The van der Waals surface area contributed by atoms with Crippen LogP contribution in [0.1, 0.15) is 23.6 Å². The quantitative estimate of drug-likeness (QED) is 0.729. The summed E-state index contributed by atoms with van der Waals surface area (Å²) in [4.78, 5) is 18.8. The van der Waals surface area contributed by atoms with Gasteiger partial charge in [-0.1, -0.05) is 48.5 Å². The molecule has 3 heteroatoms. The molecular formula is C21H20N2O. The first-order valence-electron chi connectivity index (χ1n) is 8.36. The fourth-order valence-electron chi connectivity index (χ4n) is 3.48. The minimum Gasteiger partial charge on any atom is -0.340 e. The van der Waals surface area contributed by atoms with Crippen LogP contribution in [-0.2, 0) is 11.3 Å². The number of carbonyl (C=O) groups is 1. The average molecular weight is 316 g/mol. The number of hydrogen-bond donors (Lipinski definition) is 0. The molecule has 2 aromatic carbocycles. The van der Waals surface area contributed by atoms with Crippen molar-refractivity contribution in [3.05, 3.63) is 78.1 Å². The number of pyridine rings is 1. The lowest BCUT2D eigenvalue weighted by Gasteiger charge is -2.17. The van der Waals surface area contributed by atoms with Crippen molar-refractivity contribution >= 4 is 16.7 Å². The van der Waals surface area contributed by atoms with E-state index in [4.69, 9.17) is 0 Å². The number of benzene rings is 2. The van der Waals surface area contributed by atoms with E-state index in [-0.39, 0.29) is 11.8 Å². The van der Waals surface area contributed by atoms with E-state index in [0.717, 1.165) is 12.1 Å². The van der Waals surface area contributed by atoms with Crippen LogP contribution in [0.3, 0.4) is 0 Å². The Bertz CT molecular complexity index is 870. The smallest absolute Gasteiger partial charge is 0.226 e. The second kappa shape index (κ2) is 6.08. The van der Waals surface area contributed by atoms with Crippen LogP contribution in [0.15, 0.2) is 66.9 Å². The fourth-order valence-corrected chi connectivity index (χ4v) is 3.48. The van der Waals surface area contributed by atoms with E-state index in [2.05, 4.69) is 47.4 Å². The maximum absolute atomic E-state index is 12.7. The summed E-state index contributed by atoms with van der Waals surface area (Å²) in [5, 5.41) is 2.52. The predicted octanol–water partition coefficient (Wildman–Crippen LogP) is 4.00. The summed E-state index contributed by atoms with van der Waals surface area (Å²) in [5.41, 5.74) is 2.23. The van der Waals surface area contributed by atoms with Gasteiger partial charge in [0.25, 0.3) is 0 Å². The zero-order valence-corrected chi connectivity index (χ0v) is 13.7. The molecule has 0 N–H and O–H groups in total. The van der Waals surface area contributed by atoms with Crippen molar-refractivity contribution in [1.82, 2.24) is 9.88 Å². The highest BCUT2D eigenvalue weighted by Gasteiger charge is 2.45. The maximum atomic E-state index is 12.7. The Morgan fingerprint density at radius 2 is 1.88 bits per heavy atom. The van der Waals surface area contributed by atoms with Gasteiger partial charge in [-0.3, -0.25) is 9.78 Å². The molecule has 1 amide bonds. The van der Waals surface area contributed by atoms with Crippen molar-refractivity contribution in [2.75, 3.05) is 7.05 Å². The highest BCUT2D eigenvalue weighted by Crippen LogP contribution is 2.50. The summed E-state index contributed by atoms with van der Waals surface area (Å²) in [7, 11) is 1.87. The number of carbonyl (C=O) groups excluding carboxylic acids is 1. The van der Waals surface area contributed by atoms with Crippen LogP contribution in [-0.4, -0.2) is 22.8 Å². The van der Waals surface area contributed by atoms with Crippen molar-refractivity contribution in [3.8, 4) is 0 Å². The van der Waals surface area contributed by atoms with Gasteiger partial charge in [-0.2, -0.15) is 0 Å². The second-order valence-electron chi connectivity index (χ2n) is 6.53. The lowest BCUT2D eigenvalue weighted by Crippen LogP contribution is -2.28. The molecule has 0 radical (unpaired) electrons. The van der Waals surface area contributed by atoms with Gasteiger partial charge in [0.05, 0.1) is 12.2 Å². The zero-order chi connectivity index (χ0) is 16.5. The highest BCUT2D eigenvalue weighted by molar-refractivity contribution is 5.89. The molecule has 0 unspecified atom stereocenters. The summed E-state index contributed by atoms with van der Waals surface area (Å²) >= 11 is 0. The number of rotatable bonds is 4. The molecule has 1 aliphatic carbocycles. The molecule has 1 aromatic heterocycles. The third kappa shape index (κ3) is 2.78. The van der Waals surface area contributed by atoms with E-state index in [0.29, 0.717) is 12.5 Å². The lowest BCUT2D eigenvalue weighted by molar-refractivity contribution is -0.131. The van der Waals surface area contributed by atoms with Crippen LogP contribution in [0.5, 0.6) is 0 Å². The molecule has 120 valence electrons. The van der Waals surface area contributed by atoms with Gasteiger partial charge in [0.1, 0.15) is 0 Å². The maximum Gasteiger partial charge on any atom is 0.226 e. The van der Waals surface area contributed by atoms with E-state index in [1.54, 1.807) is 11.1 Å². The molecule has 3 nitrogen and oxygen atoms in total. The molecule has 3 aromatic rings. The van der Waals surface area contributed by atoms with Gasteiger partial charge in [-0.15, -0.1) is 0 Å². The van der Waals surface area contributed by atoms with E-state index >= 15 is 0 Å². The normalized spacial score (nSPS) is 19.2. The summed E-state index contributed by atoms with van der Waals surface area (Å²) in [6.07, 6.45) is 2.71. The van der Waals surface area contributed by atoms with Crippen LogP contribution < -0.4 is 0 Å². The summed E-state index contributed by atoms with van der Waals surface area (Å²) in [5.74, 6) is 0.665. The SMILES string of the molecule is CN(Cc1ccccn1)C(=O)[C@@H]1C[C@H]1c1cccc2ccccc12. The van der Waals surface area contributed by atoms with Gasteiger partial charge in [0.2, 0.25) is 5.91 Å². The molecular weight excluding hydrogens is 296 g/mol. The number of amides is 1. The van der Waals surface area contributed by atoms with Gasteiger partial charge in [0.15, 0.2) is 0 Å². The highest BCUT2D eigenvalue weighted by atomic mass is 16.2. The van der Waals surface area contributed by atoms with Crippen LogP contribution in [0.4, 0.5) is 0 Å². The Labute approximate surface area is 141 Å². The molecule has 1 aliphatic rings. The Kier molecular flexibility index (Phi) is 3.77. The number of nitrogens with zero attached hydrogens (tertiary/aromatic N) is 2. The third-order valence-electron chi connectivity index (χ3n) is 4.83. The average Bonchev–Trinajstić information content (AvgIpc) is 3.42. The van der Waals surface area contributed by atoms with Gasteiger partial charge in [-0.25, -0.2) is 0 Å².